The highest BCUT2D eigenvalue weighted by molar-refractivity contribution is 5.88. The van der Waals surface area contributed by atoms with Gasteiger partial charge in [-0.2, -0.15) is 0 Å². The van der Waals surface area contributed by atoms with Crippen LogP contribution in [0, 0.1) is 5.92 Å². The summed E-state index contributed by atoms with van der Waals surface area (Å²) < 4.78 is 0. The highest BCUT2D eigenvalue weighted by Crippen LogP contribution is 2.22. The van der Waals surface area contributed by atoms with E-state index in [9.17, 15) is 9.59 Å². The first kappa shape index (κ1) is 19.2. The molecule has 1 saturated heterocycles. The lowest BCUT2D eigenvalue weighted by Gasteiger charge is -2.35. The Bertz CT molecular complexity index is 872. The Morgan fingerprint density at radius 2 is 1.62 bits per heavy atom. The number of carbonyl (C=O) groups excluding carboxylic acids is 2. The molecule has 0 spiro atoms. The van der Waals surface area contributed by atoms with E-state index in [1.807, 2.05) is 47.4 Å². The standard InChI is InChI=1S/C24H27N3O2/c28-23-12-11-22(21-9-5-2-6-10-21)25-27(23)18-24(29)26-15-13-20(14-16-26)17-19-7-3-1-4-8-19/h1-11,20,25H,12-18H2. The second kappa shape index (κ2) is 8.95. The number of benzene rings is 2. The van der Waals surface area contributed by atoms with Crippen molar-refractivity contribution < 1.29 is 9.59 Å². The number of amides is 2. The quantitative estimate of drug-likeness (QED) is 0.854. The number of carbonyl (C=O) groups is 2. The molecule has 2 heterocycles. The molecule has 0 unspecified atom stereocenters. The molecule has 2 aliphatic rings. The van der Waals surface area contributed by atoms with E-state index in [1.165, 1.54) is 10.6 Å². The predicted molar refractivity (Wildman–Crippen MR) is 113 cm³/mol. The molecule has 2 aliphatic heterocycles. The largest absolute Gasteiger partial charge is 0.341 e. The third kappa shape index (κ3) is 4.86. The van der Waals surface area contributed by atoms with Crippen molar-refractivity contribution in [3.63, 3.8) is 0 Å². The van der Waals surface area contributed by atoms with Crippen molar-refractivity contribution in [2.75, 3.05) is 19.6 Å². The van der Waals surface area contributed by atoms with Gasteiger partial charge < -0.3 is 4.90 Å². The average Bonchev–Trinajstić information content (AvgIpc) is 2.77. The van der Waals surface area contributed by atoms with Gasteiger partial charge in [-0.25, -0.2) is 5.01 Å². The van der Waals surface area contributed by atoms with Gasteiger partial charge in [0.1, 0.15) is 6.54 Å². The normalized spacial score (nSPS) is 17.7. The molecule has 150 valence electrons. The SMILES string of the molecule is O=C(CN1NC(c2ccccc2)=CCC1=O)N1CCC(Cc2ccccc2)CC1. The fourth-order valence-electron chi connectivity index (χ4n) is 4.05. The number of hydrazine groups is 1. The molecule has 0 aromatic heterocycles. The highest BCUT2D eigenvalue weighted by Gasteiger charge is 2.27. The van der Waals surface area contributed by atoms with Gasteiger partial charge in [0.2, 0.25) is 11.8 Å². The van der Waals surface area contributed by atoms with Crippen molar-refractivity contribution in [3.05, 3.63) is 77.9 Å². The zero-order valence-corrected chi connectivity index (χ0v) is 16.6. The molecule has 1 N–H and O–H groups in total. The molecule has 2 aromatic carbocycles. The van der Waals surface area contributed by atoms with Crippen LogP contribution in [0.25, 0.3) is 5.70 Å². The van der Waals surface area contributed by atoms with Gasteiger partial charge in [0, 0.05) is 19.5 Å². The van der Waals surface area contributed by atoms with E-state index in [-0.39, 0.29) is 18.4 Å². The summed E-state index contributed by atoms with van der Waals surface area (Å²) >= 11 is 0. The van der Waals surface area contributed by atoms with Crippen LogP contribution < -0.4 is 5.43 Å². The second-order valence-electron chi connectivity index (χ2n) is 7.79. The molecule has 4 rings (SSSR count). The number of nitrogens with zero attached hydrogens (tertiary/aromatic N) is 2. The molecule has 0 aliphatic carbocycles. The second-order valence-corrected chi connectivity index (χ2v) is 7.79. The van der Waals surface area contributed by atoms with Crippen LogP contribution in [0.2, 0.25) is 0 Å². The van der Waals surface area contributed by atoms with Crippen LogP contribution in [0.1, 0.15) is 30.4 Å². The maximum atomic E-state index is 12.8. The first-order chi connectivity index (χ1) is 14.2. The molecule has 0 atom stereocenters. The van der Waals surface area contributed by atoms with E-state index in [1.54, 1.807) is 0 Å². The zero-order valence-electron chi connectivity index (χ0n) is 16.6. The lowest BCUT2D eigenvalue weighted by atomic mass is 9.90. The molecule has 29 heavy (non-hydrogen) atoms. The summed E-state index contributed by atoms with van der Waals surface area (Å²) in [5.74, 6) is 0.555. The molecule has 0 bridgehead atoms. The molecule has 2 amide bonds. The van der Waals surface area contributed by atoms with E-state index in [2.05, 4.69) is 29.7 Å². The summed E-state index contributed by atoms with van der Waals surface area (Å²) in [4.78, 5) is 27.0. The molecular formula is C24H27N3O2. The summed E-state index contributed by atoms with van der Waals surface area (Å²) in [5, 5.41) is 1.46. The van der Waals surface area contributed by atoms with Crippen LogP contribution in [0.3, 0.4) is 0 Å². The smallest absolute Gasteiger partial charge is 0.245 e. The third-order valence-electron chi connectivity index (χ3n) is 5.75. The maximum absolute atomic E-state index is 12.8. The number of hydrogen-bond donors (Lipinski definition) is 1. The monoisotopic (exact) mass is 389 g/mol. The Labute approximate surface area is 172 Å². The maximum Gasteiger partial charge on any atom is 0.245 e. The topological polar surface area (TPSA) is 52.7 Å². The summed E-state index contributed by atoms with van der Waals surface area (Å²) in [6.45, 7) is 1.60. The Hall–Kier alpha value is -3.08. The first-order valence-corrected chi connectivity index (χ1v) is 10.3. The van der Waals surface area contributed by atoms with Crippen LogP contribution in [-0.2, 0) is 16.0 Å². The van der Waals surface area contributed by atoms with Crippen LogP contribution in [0.4, 0.5) is 0 Å². The van der Waals surface area contributed by atoms with E-state index in [0.717, 1.165) is 43.6 Å². The van der Waals surface area contributed by atoms with Crippen molar-refractivity contribution in [2.24, 2.45) is 5.92 Å². The Balaban J connectivity index is 1.29. The molecule has 0 radical (unpaired) electrons. The van der Waals surface area contributed by atoms with Crippen molar-refractivity contribution in [1.82, 2.24) is 15.3 Å². The summed E-state index contributed by atoms with van der Waals surface area (Å²) in [7, 11) is 0. The van der Waals surface area contributed by atoms with Crippen LogP contribution in [0.5, 0.6) is 0 Å². The third-order valence-corrected chi connectivity index (χ3v) is 5.75. The molecule has 2 aromatic rings. The van der Waals surface area contributed by atoms with Gasteiger partial charge in [-0.05, 0) is 42.4 Å². The molecule has 1 fully saturated rings. The van der Waals surface area contributed by atoms with E-state index in [4.69, 9.17) is 0 Å². The molecule has 5 heteroatoms. The van der Waals surface area contributed by atoms with Crippen LogP contribution in [0.15, 0.2) is 66.7 Å². The van der Waals surface area contributed by atoms with Gasteiger partial charge in [0.25, 0.3) is 0 Å². The van der Waals surface area contributed by atoms with Gasteiger partial charge in [-0.15, -0.1) is 0 Å². The number of rotatable bonds is 5. The average molecular weight is 389 g/mol. The summed E-state index contributed by atoms with van der Waals surface area (Å²) in [5.41, 5.74) is 6.38. The minimum atomic E-state index is -0.0722. The molecular weight excluding hydrogens is 362 g/mol. The van der Waals surface area contributed by atoms with Gasteiger partial charge in [-0.1, -0.05) is 60.7 Å². The lowest BCUT2D eigenvalue weighted by molar-refractivity contribution is -0.143. The van der Waals surface area contributed by atoms with Crippen LogP contribution >= 0.6 is 0 Å². The number of hydrogen-bond acceptors (Lipinski definition) is 3. The lowest BCUT2D eigenvalue weighted by Crippen LogP contribution is -2.51. The summed E-state index contributed by atoms with van der Waals surface area (Å²) in [6, 6.07) is 20.4. The van der Waals surface area contributed by atoms with Crippen molar-refractivity contribution >= 4 is 17.5 Å². The summed E-state index contributed by atoms with van der Waals surface area (Å²) in [6.07, 6.45) is 5.28. The van der Waals surface area contributed by atoms with E-state index >= 15 is 0 Å². The highest BCUT2D eigenvalue weighted by atomic mass is 16.2. The van der Waals surface area contributed by atoms with Gasteiger partial charge in [-0.3, -0.25) is 15.0 Å². The Morgan fingerprint density at radius 3 is 2.31 bits per heavy atom. The fourth-order valence-corrected chi connectivity index (χ4v) is 4.05. The van der Waals surface area contributed by atoms with Gasteiger partial charge >= 0.3 is 0 Å². The minimum absolute atomic E-state index is 0.0123. The Morgan fingerprint density at radius 1 is 0.966 bits per heavy atom. The zero-order chi connectivity index (χ0) is 20.1. The first-order valence-electron chi connectivity index (χ1n) is 10.3. The number of piperidine rings is 1. The predicted octanol–water partition coefficient (Wildman–Crippen LogP) is 3.25. The van der Waals surface area contributed by atoms with Crippen LogP contribution in [-0.4, -0.2) is 41.4 Å². The number of likely N-dealkylation sites (tertiary alicyclic amines) is 1. The molecule has 5 nitrogen and oxygen atoms in total. The van der Waals surface area contributed by atoms with Gasteiger partial charge in [0.15, 0.2) is 0 Å². The fraction of sp³-hybridized carbons (Fsp3) is 0.333. The van der Waals surface area contributed by atoms with Crippen molar-refractivity contribution in [3.8, 4) is 0 Å². The van der Waals surface area contributed by atoms with Crippen molar-refractivity contribution in [1.29, 1.82) is 0 Å². The number of nitrogens with one attached hydrogen (secondary N) is 1. The van der Waals surface area contributed by atoms with Crippen molar-refractivity contribution in [2.45, 2.75) is 25.7 Å². The van der Waals surface area contributed by atoms with E-state index < -0.39 is 0 Å². The molecule has 0 saturated carbocycles. The minimum Gasteiger partial charge on any atom is -0.341 e. The Kier molecular flexibility index (Phi) is 5.94. The van der Waals surface area contributed by atoms with E-state index in [0.29, 0.717) is 12.3 Å². The van der Waals surface area contributed by atoms with Gasteiger partial charge in [0.05, 0.1) is 5.70 Å².